The van der Waals surface area contributed by atoms with E-state index in [2.05, 4.69) is 170 Å². The molecular weight excluding hydrogens is 553 g/mol. The van der Waals surface area contributed by atoms with Crippen LogP contribution in [0.1, 0.15) is 0 Å². The maximum atomic E-state index is 2.43. The highest BCUT2D eigenvalue weighted by Gasteiger charge is 2.17. The Labute approximate surface area is 266 Å². The third kappa shape index (κ3) is 3.56. The molecule has 0 heteroatoms. The van der Waals surface area contributed by atoms with Gasteiger partial charge in [0.2, 0.25) is 0 Å². The summed E-state index contributed by atoms with van der Waals surface area (Å²) in [5.74, 6) is 0. The average Bonchev–Trinajstić information content (AvgIpc) is 3.13. The Hall–Kier alpha value is -5.98. The summed E-state index contributed by atoms with van der Waals surface area (Å²) in [6, 6.07) is 62.7. The van der Waals surface area contributed by atoms with Gasteiger partial charge < -0.3 is 0 Å². The summed E-state index contributed by atoms with van der Waals surface area (Å²) >= 11 is 0. The molecule has 0 saturated carbocycles. The van der Waals surface area contributed by atoms with E-state index in [1.807, 2.05) is 0 Å². The molecule has 212 valence electrons. The first-order valence-corrected chi connectivity index (χ1v) is 16.0. The van der Waals surface area contributed by atoms with Crippen LogP contribution in [0.2, 0.25) is 0 Å². The van der Waals surface area contributed by atoms with E-state index in [1.54, 1.807) is 0 Å². The molecule has 10 aromatic carbocycles. The van der Waals surface area contributed by atoms with Crippen molar-refractivity contribution in [2.45, 2.75) is 0 Å². The fraction of sp³-hybridized carbons (Fsp3) is 0. The molecule has 10 aromatic rings. The van der Waals surface area contributed by atoms with E-state index in [4.69, 9.17) is 0 Å². The number of hydrogen-bond donors (Lipinski definition) is 0. The van der Waals surface area contributed by atoms with Crippen LogP contribution in [-0.4, -0.2) is 0 Å². The molecule has 0 unspecified atom stereocenters. The predicted molar refractivity (Wildman–Crippen MR) is 200 cm³/mol. The van der Waals surface area contributed by atoms with Gasteiger partial charge in [0.25, 0.3) is 0 Å². The maximum absolute atomic E-state index is 2.43. The van der Waals surface area contributed by atoms with Gasteiger partial charge in [-0.15, -0.1) is 0 Å². The van der Waals surface area contributed by atoms with Crippen LogP contribution < -0.4 is 0 Å². The van der Waals surface area contributed by atoms with Gasteiger partial charge in [0.05, 0.1) is 0 Å². The topological polar surface area (TPSA) is 0 Å². The molecule has 0 amide bonds. The molecule has 0 fully saturated rings. The summed E-state index contributed by atoms with van der Waals surface area (Å²) in [5.41, 5.74) is 5.04. The van der Waals surface area contributed by atoms with Gasteiger partial charge in [-0.05, 0) is 104 Å². The van der Waals surface area contributed by atoms with E-state index >= 15 is 0 Å². The van der Waals surface area contributed by atoms with Crippen LogP contribution in [0.15, 0.2) is 170 Å². The Balaban J connectivity index is 1.29. The fourth-order valence-corrected chi connectivity index (χ4v) is 8.05. The molecule has 0 bridgehead atoms. The lowest BCUT2D eigenvalue weighted by Gasteiger charge is -2.17. The lowest BCUT2D eigenvalue weighted by Crippen LogP contribution is -1.90. The minimum atomic E-state index is 1.24. The van der Waals surface area contributed by atoms with Crippen LogP contribution in [0, 0.1) is 0 Å². The molecule has 0 nitrogen and oxygen atoms in total. The summed E-state index contributed by atoms with van der Waals surface area (Å²) in [4.78, 5) is 0. The summed E-state index contributed by atoms with van der Waals surface area (Å²) in [5, 5.41) is 18.2. The molecule has 0 aliphatic rings. The highest BCUT2D eigenvalue weighted by atomic mass is 14.2. The number of rotatable bonds is 2. The van der Waals surface area contributed by atoms with Crippen molar-refractivity contribution >= 4 is 75.4 Å². The van der Waals surface area contributed by atoms with Crippen LogP contribution in [-0.2, 0) is 0 Å². The maximum Gasteiger partial charge on any atom is -0.00139 e. The number of fused-ring (bicyclic) bond motifs is 13. The van der Waals surface area contributed by atoms with Crippen molar-refractivity contribution in [3.8, 4) is 22.3 Å². The number of hydrogen-bond acceptors (Lipinski definition) is 0. The first-order valence-electron chi connectivity index (χ1n) is 16.0. The summed E-state index contributed by atoms with van der Waals surface area (Å²) in [6.07, 6.45) is 0. The van der Waals surface area contributed by atoms with Gasteiger partial charge in [0.15, 0.2) is 0 Å². The van der Waals surface area contributed by atoms with E-state index in [9.17, 15) is 0 Å². The van der Waals surface area contributed by atoms with Crippen molar-refractivity contribution in [1.82, 2.24) is 0 Å². The molecule has 46 heavy (non-hydrogen) atoms. The van der Waals surface area contributed by atoms with Crippen molar-refractivity contribution < 1.29 is 0 Å². The van der Waals surface area contributed by atoms with Crippen molar-refractivity contribution in [1.29, 1.82) is 0 Å². The highest BCUT2D eigenvalue weighted by Crippen LogP contribution is 2.45. The van der Waals surface area contributed by atoms with Crippen LogP contribution in [0.4, 0.5) is 0 Å². The smallest absolute Gasteiger partial charge is 0.00139 e. The molecule has 0 spiro atoms. The van der Waals surface area contributed by atoms with Gasteiger partial charge in [0.1, 0.15) is 0 Å². The first kappa shape index (κ1) is 25.4. The minimum absolute atomic E-state index is 1.24. The Morgan fingerprint density at radius 1 is 0.217 bits per heavy atom. The van der Waals surface area contributed by atoms with Gasteiger partial charge >= 0.3 is 0 Å². The average molecular weight is 581 g/mol. The minimum Gasteiger partial charge on any atom is -0.0616 e. The van der Waals surface area contributed by atoms with Gasteiger partial charge in [-0.1, -0.05) is 164 Å². The van der Waals surface area contributed by atoms with Gasteiger partial charge in [0, 0.05) is 0 Å². The summed E-state index contributed by atoms with van der Waals surface area (Å²) < 4.78 is 0. The van der Waals surface area contributed by atoms with Crippen LogP contribution in [0.3, 0.4) is 0 Å². The molecule has 0 saturated heterocycles. The normalized spacial score (nSPS) is 11.9. The SMILES string of the molecule is c1ccc2c(-c3cccc4c(-c5ccc6c(c5)c5ccccc5c5c7ccccc7c7ccccc7c65)cccc34)cccc2c1. The standard InChI is InChI=1S/C46H28/c1-2-14-31-29(12-1)13-9-22-33(31)35-25-11-23-34-32(21-10-24-36(34)35)30-26-27-43-44(28-30)39-17-5-8-20-42(39)45-40-18-6-3-15-37(40)38-16-4-7-19-41(38)46(43)45/h1-28H. The third-order valence-corrected chi connectivity index (χ3v) is 10.0. The molecule has 0 atom stereocenters. The second-order valence-corrected chi connectivity index (χ2v) is 12.4. The van der Waals surface area contributed by atoms with Crippen LogP contribution in [0.25, 0.3) is 97.7 Å². The van der Waals surface area contributed by atoms with Crippen molar-refractivity contribution in [2.24, 2.45) is 0 Å². The van der Waals surface area contributed by atoms with E-state index < -0.39 is 0 Å². The highest BCUT2D eigenvalue weighted by molar-refractivity contribution is 6.39. The van der Waals surface area contributed by atoms with Crippen molar-refractivity contribution in [3.63, 3.8) is 0 Å². The monoisotopic (exact) mass is 580 g/mol. The van der Waals surface area contributed by atoms with Gasteiger partial charge in [-0.25, -0.2) is 0 Å². The molecule has 0 aromatic heterocycles. The zero-order chi connectivity index (χ0) is 30.2. The quantitative estimate of drug-likeness (QED) is 0.178. The zero-order valence-electron chi connectivity index (χ0n) is 25.2. The summed E-state index contributed by atoms with van der Waals surface area (Å²) in [7, 11) is 0. The fourth-order valence-electron chi connectivity index (χ4n) is 8.05. The largest absolute Gasteiger partial charge is 0.0616 e. The Morgan fingerprint density at radius 3 is 1.24 bits per heavy atom. The van der Waals surface area contributed by atoms with E-state index in [-0.39, 0.29) is 0 Å². The zero-order valence-corrected chi connectivity index (χ0v) is 25.2. The molecular formula is C46H28. The molecule has 0 aliphatic carbocycles. The predicted octanol–water partition coefficient (Wildman–Crippen LogP) is 13.1. The summed E-state index contributed by atoms with van der Waals surface area (Å²) in [6.45, 7) is 0. The lowest BCUT2D eigenvalue weighted by molar-refractivity contribution is 1.66. The Kier molecular flexibility index (Phi) is 5.38. The Morgan fingerprint density at radius 2 is 0.609 bits per heavy atom. The molecule has 10 rings (SSSR count). The van der Waals surface area contributed by atoms with E-state index in [0.717, 1.165) is 0 Å². The second-order valence-electron chi connectivity index (χ2n) is 12.4. The van der Waals surface area contributed by atoms with Crippen molar-refractivity contribution in [2.75, 3.05) is 0 Å². The third-order valence-electron chi connectivity index (χ3n) is 10.0. The Bertz CT molecular complexity index is 2850. The molecule has 0 heterocycles. The van der Waals surface area contributed by atoms with Crippen molar-refractivity contribution in [3.05, 3.63) is 170 Å². The lowest BCUT2D eigenvalue weighted by atomic mass is 9.86. The molecule has 0 N–H and O–H groups in total. The van der Waals surface area contributed by atoms with Crippen LogP contribution in [0.5, 0.6) is 0 Å². The van der Waals surface area contributed by atoms with E-state index in [1.165, 1.54) is 97.7 Å². The second kappa shape index (κ2) is 9.76. The first-order chi connectivity index (χ1) is 22.8. The molecule has 0 radical (unpaired) electrons. The van der Waals surface area contributed by atoms with Gasteiger partial charge in [-0.2, -0.15) is 0 Å². The molecule has 0 aliphatic heterocycles. The van der Waals surface area contributed by atoms with E-state index in [0.29, 0.717) is 0 Å². The van der Waals surface area contributed by atoms with Crippen LogP contribution >= 0.6 is 0 Å². The van der Waals surface area contributed by atoms with Gasteiger partial charge in [-0.3, -0.25) is 0 Å². The number of benzene rings is 10.